The maximum Gasteiger partial charge on any atom is 0.329 e. The van der Waals surface area contributed by atoms with E-state index in [9.17, 15) is 14.7 Å². The molecular weight excluding hydrogens is 222 g/mol. The number of likely N-dealkylation sites (tertiary alicyclic amines) is 1. The number of nitrogens with zero attached hydrogens (tertiary/aromatic N) is 1. The van der Waals surface area contributed by atoms with Crippen molar-refractivity contribution in [1.82, 2.24) is 4.90 Å². The van der Waals surface area contributed by atoms with Crippen LogP contribution in [0, 0.1) is 0 Å². The van der Waals surface area contributed by atoms with E-state index >= 15 is 0 Å². The molecule has 1 rings (SSSR count). The Bertz CT molecular complexity index is 292. The number of aliphatic carboxylic acids is 1. The SMILES string of the molecule is CCOCCCC(=O)N1CCCC1(C)C(=O)O. The monoisotopic (exact) mass is 243 g/mol. The molecule has 1 N–H and O–H groups in total. The Kier molecular flexibility index (Phi) is 4.93. The zero-order valence-electron chi connectivity index (χ0n) is 10.6. The van der Waals surface area contributed by atoms with Crippen molar-refractivity contribution in [2.24, 2.45) is 0 Å². The van der Waals surface area contributed by atoms with Gasteiger partial charge in [-0.05, 0) is 33.1 Å². The predicted molar refractivity (Wildman–Crippen MR) is 62.7 cm³/mol. The molecule has 1 fully saturated rings. The van der Waals surface area contributed by atoms with E-state index in [0.717, 1.165) is 6.42 Å². The van der Waals surface area contributed by atoms with Gasteiger partial charge in [-0.25, -0.2) is 4.79 Å². The number of carbonyl (C=O) groups excluding carboxylic acids is 1. The molecule has 1 amide bonds. The lowest BCUT2D eigenvalue weighted by atomic mass is 9.99. The van der Waals surface area contributed by atoms with Gasteiger partial charge in [-0.2, -0.15) is 0 Å². The van der Waals surface area contributed by atoms with Crippen LogP contribution >= 0.6 is 0 Å². The summed E-state index contributed by atoms with van der Waals surface area (Å²) < 4.78 is 5.16. The second-order valence-corrected chi connectivity index (χ2v) is 4.53. The van der Waals surface area contributed by atoms with E-state index in [-0.39, 0.29) is 5.91 Å². The summed E-state index contributed by atoms with van der Waals surface area (Å²) in [6, 6.07) is 0. The van der Waals surface area contributed by atoms with Crippen LogP contribution in [0.3, 0.4) is 0 Å². The molecule has 5 heteroatoms. The minimum absolute atomic E-state index is 0.0768. The highest BCUT2D eigenvalue weighted by Gasteiger charge is 2.45. The minimum atomic E-state index is -1.01. The Morgan fingerprint density at radius 3 is 2.76 bits per heavy atom. The van der Waals surface area contributed by atoms with Crippen molar-refractivity contribution in [3.8, 4) is 0 Å². The molecule has 0 aliphatic carbocycles. The van der Waals surface area contributed by atoms with Gasteiger partial charge in [0.05, 0.1) is 0 Å². The molecule has 0 saturated carbocycles. The molecule has 1 aliphatic heterocycles. The minimum Gasteiger partial charge on any atom is -0.480 e. The first-order valence-corrected chi connectivity index (χ1v) is 6.14. The van der Waals surface area contributed by atoms with Gasteiger partial charge in [0.25, 0.3) is 0 Å². The summed E-state index contributed by atoms with van der Waals surface area (Å²) in [5.41, 5.74) is -1.01. The molecule has 0 aromatic rings. The van der Waals surface area contributed by atoms with Gasteiger partial charge < -0.3 is 14.7 Å². The second kappa shape index (κ2) is 6.00. The van der Waals surface area contributed by atoms with Crippen LogP contribution in [0.1, 0.15) is 39.5 Å². The van der Waals surface area contributed by atoms with Crippen LogP contribution in [-0.2, 0) is 14.3 Å². The Balaban J connectivity index is 2.48. The van der Waals surface area contributed by atoms with Crippen LogP contribution in [0.15, 0.2) is 0 Å². The summed E-state index contributed by atoms with van der Waals surface area (Å²) in [6.07, 6.45) is 2.32. The highest BCUT2D eigenvalue weighted by Crippen LogP contribution is 2.29. The van der Waals surface area contributed by atoms with Crippen molar-refractivity contribution in [3.63, 3.8) is 0 Å². The molecule has 0 radical (unpaired) electrons. The van der Waals surface area contributed by atoms with Crippen molar-refractivity contribution >= 4 is 11.9 Å². The Morgan fingerprint density at radius 2 is 2.18 bits per heavy atom. The van der Waals surface area contributed by atoms with Gasteiger partial charge in [0.1, 0.15) is 5.54 Å². The molecule has 17 heavy (non-hydrogen) atoms. The molecule has 1 atom stereocenters. The molecule has 0 aromatic heterocycles. The van der Waals surface area contributed by atoms with Gasteiger partial charge >= 0.3 is 5.97 Å². The second-order valence-electron chi connectivity index (χ2n) is 4.53. The van der Waals surface area contributed by atoms with Crippen LogP contribution in [0.5, 0.6) is 0 Å². The Labute approximate surface area is 102 Å². The summed E-state index contributed by atoms with van der Waals surface area (Å²) in [7, 11) is 0. The van der Waals surface area contributed by atoms with E-state index < -0.39 is 11.5 Å². The number of carbonyl (C=O) groups is 2. The topological polar surface area (TPSA) is 66.8 Å². The lowest BCUT2D eigenvalue weighted by Gasteiger charge is -2.31. The third-order valence-corrected chi connectivity index (χ3v) is 3.29. The highest BCUT2D eigenvalue weighted by molar-refractivity contribution is 5.87. The van der Waals surface area contributed by atoms with Crippen LogP contribution in [0.4, 0.5) is 0 Å². The standard InChI is InChI=1S/C12H21NO4/c1-3-17-9-4-6-10(14)13-8-5-7-12(13,2)11(15)16/h3-9H2,1-2H3,(H,15,16). The van der Waals surface area contributed by atoms with Crippen molar-refractivity contribution in [3.05, 3.63) is 0 Å². The highest BCUT2D eigenvalue weighted by atomic mass is 16.5. The average Bonchev–Trinajstić information content (AvgIpc) is 2.68. The lowest BCUT2D eigenvalue weighted by molar-refractivity contribution is -0.155. The Hall–Kier alpha value is -1.10. The summed E-state index contributed by atoms with van der Waals surface area (Å²) in [5.74, 6) is -0.986. The molecule has 1 aliphatic rings. The molecule has 1 saturated heterocycles. The van der Waals surface area contributed by atoms with E-state index in [1.807, 2.05) is 6.92 Å². The molecule has 1 unspecified atom stereocenters. The predicted octanol–water partition coefficient (Wildman–Crippen LogP) is 1.27. The van der Waals surface area contributed by atoms with Crippen molar-refractivity contribution in [2.45, 2.75) is 45.1 Å². The first-order valence-electron chi connectivity index (χ1n) is 6.14. The zero-order chi connectivity index (χ0) is 12.9. The fraction of sp³-hybridized carbons (Fsp3) is 0.833. The molecule has 1 heterocycles. The molecule has 0 spiro atoms. The van der Waals surface area contributed by atoms with Gasteiger partial charge in [0.15, 0.2) is 0 Å². The van der Waals surface area contributed by atoms with E-state index in [1.54, 1.807) is 6.92 Å². The van der Waals surface area contributed by atoms with Crippen molar-refractivity contribution < 1.29 is 19.4 Å². The third kappa shape index (κ3) is 3.19. The number of ether oxygens (including phenoxy) is 1. The fourth-order valence-electron chi connectivity index (χ4n) is 2.19. The van der Waals surface area contributed by atoms with E-state index in [0.29, 0.717) is 39.0 Å². The van der Waals surface area contributed by atoms with Gasteiger partial charge in [-0.3, -0.25) is 4.79 Å². The number of amides is 1. The van der Waals surface area contributed by atoms with E-state index in [1.165, 1.54) is 4.90 Å². The van der Waals surface area contributed by atoms with Crippen molar-refractivity contribution in [1.29, 1.82) is 0 Å². The molecule has 98 valence electrons. The number of carboxylic acid groups (broad SMARTS) is 1. The lowest BCUT2D eigenvalue weighted by Crippen LogP contribution is -2.50. The smallest absolute Gasteiger partial charge is 0.329 e. The maximum atomic E-state index is 11.9. The Morgan fingerprint density at radius 1 is 1.47 bits per heavy atom. The number of hydrogen-bond acceptors (Lipinski definition) is 3. The van der Waals surface area contributed by atoms with E-state index in [4.69, 9.17) is 4.74 Å². The number of carboxylic acids is 1. The first kappa shape index (κ1) is 14.0. The van der Waals surface area contributed by atoms with Crippen molar-refractivity contribution in [2.75, 3.05) is 19.8 Å². The van der Waals surface area contributed by atoms with Crippen LogP contribution in [-0.4, -0.2) is 47.2 Å². The largest absolute Gasteiger partial charge is 0.480 e. The average molecular weight is 243 g/mol. The summed E-state index contributed by atoms with van der Waals surface area (Å²) in [5, 5.41) is 9.18. The van der Waals surface area contributed by atoms with Gasteiger partial charge in [0.2, 0.25) is 5.91 Å². The number of rotatable bonds is 6. The summed E-state index contributed by atoms with van der Waals surface area (Å²) >= 11 is 0. The summed E-state index contributed by atoms with van der Waals surface area (Å²) in [6.45, 7) is 5.29. The van der Waals surface area contributed by atoms with Gasteiger partial charge in [-0.15, -0.1) is 0 Å². The quantitative estimate of drug-likeness (QED) is 0.713. The van der Waals surface area contributed by atoms with Crippen LogP contribution < -0.4 is 0 Å². The number of hydrogen-bond donors (Lipinski definition) is 1. The molecule has 5 nitrogen and oxygen atoms in total. The summed E-state index contributed by atoms with van der Waals surface area (Å²) in [4.78, 5) is 24.6. The molecule has 0 aromatic carbocycles. The molecular formula is C12H21NO4. The van der Waals surface area contributed by atoms with Crippen LogP contribution in [0.25, 0.3) is 0 Å². The maximum absolute atomic E-state index is 11.9. The van der Waals surface area contributed by atoms with E-state index in [2.05, 4.69) is 0 Å². The van der Waals surface area contributed by atoms with Gasteiger partial charge in [-0.1, -0.05) is 0 Å². The normalized spacial score (nSPS) is 24.0. The molecule has 0 bridgehead atoms. The van der Waals surface area contributed by atoms with Crippen LogP contribution in [0.2, 0.25) is 0 Å². The third-order valence-electron chi connectivity index (χ3n) is 3.29. The zero-order valence-corrected chi connectivity index (χ0v) is 10.6. The van der Waals surface area contributed by atoms with Gasteiger partial charge in [0, 0.05) is 26.2 Å². The first-order chi connectivity index (χ1) is 8.02. The fourth-order valence-corrected chi connectivity index (χ4v) is 2.19.